The number of hydrogen-bond acceptors (Lipinski definition) is 5. The summed E-state index contributed by atoms with van der Waals surface area (Å²) in [6.07, 6.45) is 6.73. The molecule has 0 radical (unpaired) electrons. The molecule has 24 heavy (non-hydrogen) atoms. The van der Waals surface area contributed by atoms with Gasteiger partial charge in [-0.2, -0.15) is 0 Å². The van der Waals surface area contributed by atoms with Crippen LogP contribution < -0.4 is 4.72 Å². The van der Waals surface area contributed by atoms with Gasteiger partial charge >= 0.3 is 0 Å². The predicted octanol–water partition coefficient (Wildman–Crippen LogP) is 2.11. The molecule has 0 bridgehead atoms. The molecule has 2 atom stereocenters. The Morgan fingerprint density at radius 2 is 1.96 bits per heavy atom. The van der Waals surface area contributed by atoms with Crippen LogP contribution >= 0.6 is 0 Å². The van der Waals surface area contributed by atoms with Gasteiger partial charge in [-0.3, -0.25) is 0 Å². The Balaban J connectivity index is 2.62. The lowest BCUT2D eigenvalue weighted by Crippen LogP contribution is -2.41. The Hall–Kier alpha value is -0.470. The van der Waals surface area contributed by atoms with E-state index in [2.05, 4.69) is 24.6 Å². The largest absolute Gasteiger partial charge is 0.381 e. The highest BCUT2D eigenvalue weighted by molar-refractivity contribution is 7.88. The molecule has 1 aliphatic rings. The SMILES string of the molecule is CC=CC(C)(C)[C@H](C)O[C@@H](CNS(C)(=O)=O)COC1CCOCC1. The zero-order valence-electron chi connectivity index (χ0n) is 15.6. The number of allylic oxidation sites excluding steroid dienone is 1. The minimum absolute atomic E-state index is 0.0710. The summed E-state index contributed by atoms with van der Waals surface area (Å²) >= 11 is 0. The lowest BCUT2D eigenvalue weighted by Gasteiger charge is -2.33. The predicted molar refractivity (Wildman–Crippen MR) is 95.6 cm³/mol. The van der Waals surface area contributed by atoms with Crippen molar-refractivity contribution in [2.75, 3.05) is 32.6 Å². The van der Waals surface area contributed by atoms with Crippen molar-refractivity contribution in [3.8, 4) is 0 Å². The smallest absolute Gasteiger partial charge is 0.208 e. The molecule has 1 aliphatic heterocycles. The molecule has 0 aliphatic carbocycles. The molecule has 0 spiro atoms. The van der Waals surface area contributed by atoms with Crippen LogP contribution in [0.25, 0.3) is 0 Å². The van der Waals surface area contributed by atoms with Crippen LogP contribution in [0.2, 0.25) is 0 Å². The van der Waals surface area contributed by atoms with Crippen molar-refractivity contribution >= 4 is 10.0 Å². The standard InChI is InChI=1S/C17H33NO5S/c1-6-9-17(3,4)14(2)23-16(12-18-24(5,19)20)13-22-15-7-10-21-11-8-15/h6,9,14-16,18H,7-8,10-13H2,1-5H3/t14-,16-/m0/s1. The van der Waals surface area contributed by atoms with Gasteiger partial charge in [0.15, 0.2) is 0 Å². The third kappa shape index (κ3) is 8.58. The molecule has 1 heterocycles. The molecular formula is C17H33NO5S. The average molecular weight is 364 g/mol. The van der Waals surface area contributed by atoms with E-state index in [0.29, 0.717) is 19.8 Å². The molecule has 0 saturated carbocycles. The highest BCUT2D eigenvalue weighted by Crippen LogP contribution is 2.26. The van der Waals surface area contributed by atoms with Gasteiger partial charge in [0.05, 0.1) is 31.2 Å². The van der Waals surface area contributed by atoms with Crippen molar-refractivity contribution in [1.82, 2.24) is 4.72 Å². The van der Waals surface area contributed by atoms with Crippen LogP contribution in [-0.4, -0.2) is 59.4 Å². The van der Waals surface area contributed by atoms with E-state index in [9.17, 15) is 8.42 Å². The summed E-state index contributed by atoms with van der Waals surface area (Å²) in [4.78, 5) is 0. The average Bonchev–Trinajstić information content (AvgIpc) is 2.50. The van der Waals surface area contributed by atoms with Gasteiger partial charge in [0, 0.05) is 25.2 Å². The van der Waals surface area contributed by atoms with E-state index < -0.39 is 10.0 Å². The first-order valence-electron chi connectivity index (χ1n) is 8.57. The van der Waals surface area contributed by atoms with E-state index in [1.54, 1.807) is 0 Å². The van der Waals surface area contributed by atoms with Crippen molar-refractivity contribution in [1.29, 1.82) is 0 Å². The molecule has 7 heteroatoms. The van der Waals surface area contributed by atoms with Gasteiger partial charge < -0.3 is 14.2 Å². The number of rotatable bonds is 10. The molecule has 142 valence electrons. The molecule has 1 N–H and O–H groups in total. The first-order chi connectivity index (χ1) is 11.1. The number of nitrogens with one attached hydrogen (secondary N) is 1. The minimum atomic E-state index is -3.26. The zero-order valence-corrected chi connectivity index (χ0v) is 16.4. The second kappa shape index (κ2) is 9.87. The molecule has 0 amide bonds. The fraction of sp³-hybridized carbons (Fsp3) is 0.882. The van der Waals surface area contributed by atoms with Crippen molar-refractivity contribution in [2.45, 2.75) is 58.8 Å². The number of sulfonamides is 1. The quantitative estimate of drug-likeness (QED) is 0.602. The molecule has 1 saturated heterocycles. The molecule has 6 nitrogen and oxygen atoms in total. The van der Waals surface area contributed by atoms with E-state index in [1.807, 2.05) is 19.9 Å². The highest BCUT2D eigenvalue weighted by Gasteiger charge is 2.27. The summed E-state index contributed by atoms with van der Waals surface area (Å²) in [6.45, 7) is 10.2. The van der Waals surface area contributed by atoms with Crippen LogP contribution in [0.15, 0.2) is 12.2 Å². The Morgan fingerprint density at radius 3 is 2.50 bits per heavy atom. The zero-order chi connectivity index (χ0) is 18.2. The molecule has 0 unspecified atom stereocenters. The Bertz CT molecular complexity index is 483. The summed E-state index contributed by atoms with van der Waals surface area (Å²) in [5, 5.41) is 0. The van der Waals surface area contributed by atoms with Gasteiger partial charge in [-0.15, -0.1) is 0 Å². The van der Waals surface area contributed by atoms with Crippen LogP contribution in [0.3, 0.4) is 0 Å². The maximum absolute atomic E-state index is 11.4. The summed E-state index contributed by atoms with van der Waals surface area (Å²) in [6, 6.07) is 0. The van der Waals surface area contributed by atoms with Gasteiger partial charge in [-0.25, -0.2) is 13.1 Å². The van der Waals surface area contributed by atoms with Crippen molar-refractivity contribution in [3.63, 3.8) is 0 Å². The van der Waals surface area contributed by atoms with Gasteiger partial charge in [0.1, 0.15) is 0 Å². The Labute approximate surface area is 147 Å². The lowest BCUT2D eigenvalue weighted by molar-refractivity contribution is -0.105. The van der Waals surface area contributed by atoms with Gasteiger partial charge in [-0.1, -0.05) is 26.0 Å². The highest BCUT2D eigenvalue weighted by atomic mass is 32.2. The molecule has 0 aromatic rings. The summed E-state index contributed by atoms with van der Waals surface area (Å²) in [5.41, 5.74) is -0.142. The molecule has 0 aromatic carbocycles. The van der Waals surface area contributed by atoms with E-state index in [4.69, 9.17) is 14.2 Å². The van der Waals surface area contributed by atoms with Crippen LogP contribution in [0, 0.1) is 5.41 Å². The second-order valence-corrected chi connectivity index (χ2v) is 8.82. The molecule has 0 aromatic heterocycles. The minimum Gasteiger partial charge on any atom is -0.381 e. The van der Waals surface area contributed by atoms with E-state index in [-0.39, 0.29) is 30.3 Å². The van der Waals surface area contributed by atoms with Crippen molar-refractivity contribution in [3.05, 3.63) is 12.2 Å². The Morgan fingerprint density at radius 1 is 1.33 bits per heavy atom. The maximum Gasteiger partial charge on any atom is 0.208 e. The van der Waals surface area contributed by atoms with E-state index in [1.165, 1.54) is 0 Å². The van der Waals surface area contributed by atoms with Gasteiger partial charge in [0.25, 0.3) is 0 Å². The van der Waals surface area contributed by atoms with Crippen LogP contribution in [0.4, 0.5) is 0 Å². The van der Waals surface area contributed by atoms with Crippen LogP contribution in [0.1, 0.15) is 40.5 Å². The van der Waals surface area contributed by atoms with Crippen molar-refractivity contribution in [2.24, 2.45) is 5.41 Å². The third-order valence-corrected chi connectivity index (χ3v) is 4.99. The number of ether oxygens (including phenoxy) is 3. The molecule has 1 fully saturated rings. The monoisotopic (exact) mass is 363 g/mol. The van der Waals surface area contributed by atoms with Crippen molar-refractivity contribution < 1.29 is 22.6 Å². The number of hydrogen-bond donors (Lipinski definition) is 1. The first-order valence-corrected chi connectivity index (χ1v) is 10.5. The second-order valence-electron chi connectivity index (χ2n) is 6.99. The van der Waals surface area contributed by atoms with Gasteiger partial charge in [0.2, 0.25) is 10.0 Å². The van der Waals surface area contributed by atoms with E-state index >= 15 is 0 Å². The Kier molecular flexibility index (Phi) is 8.87. The molecule has 1 rings (SSSR count). The summed E-state index contributed by atoms with van der Waals surface area (Å²) in [5.74, 6) is 0. The fourth-order valence-corrected chi connectivity index (χ4v) is 2.99. The van der Waals surface area contributed by atoms with E-state index in [0.717, 1.165) is 19.1 Å². The maximum atomic E-state index is 11.4. The normalized spacial score (nSPS) is 20.4. The molecular weight excluding hydrogens is 330 g/mol. The summed E-state index contributed by atoms with van der Waals surface area (Å²) in [7, 11) is -3.26. The summed E-state index contributed by atoms with van der Waals surface area (Å²) < 4.78 is 42.7. The lowest BCUT2D eigenvalue weighted by atomic mass is 9.87. The van der Waals surface area contributed by atoms with Crippen LogP contribution in [-0.2, 0) is 24.2 Å². The van der Waals surface area contributed by atoms with Gasteiger partial charge in [-0.05, 0) is 26.7 Å². The first kappa shape index (κ1) is 21.6. The fourth-order valence-electron chi connectivity index (χ4n) is 2.51. The van der Waals surface area contributed by atoms with Crippen LogP contribution in [0.5, 0.6) is 0 Å². The third-order valence-electron chi connectivity index (χ3n) is 4.30. The topological polar surface area (TPSA) is 73.9 Å².